The Morgan fingerprint density at radius 1 is 1.12 bits per heavy atom. The lowest BCUT2D eigenvalue weighted by Crippen LogP contribution is -2.42. The molecule has 3 aromatic rings. The summed E-state index contributed by atoms with van der Waals surface area (Å²) >= 11 is 0. The molecular formula is C18H15FN2O3. The number of rotatable bonds is 5. The molecule has 0 radical (unpaired) electrons. The summed E-state index contributed by atoms with van der Waals surface area (Å²) in [4.78, 5) is 26.7. The first-order valence-corrected chi connectivity index (χ1v) is 7.39. The molecule has 0 aliphatic heterocycles. The van der Waals surface area contributed by atoms with Gasteiger partial charge in [0, 0.05) is 29.1 Å². The number of fused-ring (bicyclic) bond motifs is 1. The minimum atomic E-state index is -1.13. The normalized spacial score (nSPS) is 12.0. The van der Waals surface area contributed by atoms with Crippen LogP contribution in [0.25, 0.3) is 10.9 Å². The minimum absolute atomic E-state index is 0.145. The standard InChI is InChI=1S/C18H15FN2O3/c19-13-7-5-11(6-8-13)17(22)21-16(18(23)24)9-12-10-20-15-4-2-1-3-14(12)15/h1-8,10,16,20H,9H2,(H,21,22)(H,23,24)/t16-/m1/s1. The summed E-state index contributed by atoms with van der Waals surface area (Å²) in [6.45, 7) is 0. The number of carbonyl (C=O) groups is 2. The second-order valence-corrected chi connectivity index (χ2v) is 5.43. The van der Waals surface area contributed by atoms with Gasteiger partial charge in [-0.3, -0.25) is 4.79 Å². The van der Waals surface area contributed by atoms with E-state index < -0.39 is 23.7 Å². The molecule has 0 saturated heterocycles. The maximum atomic E-state index is 12.9. The number of carboxylic acid groups (broad SMARTS) is 1. The van der Waals surface area contributed by atoms with Crippen LogP contribution in [-0.4, -0.2) is 28.0 Å². The lowest BCUT2D eigenvalue weighted by atomic mass is 10.0. The number of halogens is 1. The Balaban J connectivity index is 1.79. The van der Waals surface area contributed by atoms with Gasteiger partial charge in [-0.05, 0) is 35.9 Å². The summed E-state index contributed by atoms with van der Waals surface area (Å²) in [5.74, 6) is -2.14. The molecule has 6 heteroatoms. The average Bonchev–Trinajstić information content (AvgIpc) is 2.98. The number of benzene rings is 2. The molecular weight excluding hydrogens is 311 g/mol. The Hall–Kier alpha value is -3.15. The molecule has 122 valence electrons. The van der Waals surface area contributed by atoms with E-state index in [0.29, 0.717) is 0 Å². The number of amides is 1. The van der Waals surface area contributed by atoms with Gasteiger partial charge < -0.3 is 15.4 Å². The number of aromatic nitrogens is 1. The van der Waals surface area contributed by atoms with Gasteiger partial charge in [0.05, 0.1) is 0 Å². The highest BCUT2D eigenvalue weighted by molar-refractivity contribution is 5.96. The topological polar surface area (TPSA) is 82.2 Å². The zero-order valence-corrected chi connectivity index (χ0v) is 12.6. The van der Waals surface area contributed by atoms with Crippen LogP contribution in [0.5, 0.6) is 0 Å². The third-order valence-electron chi connectivity index (χ3n) is 3.81. The van der Waals surface area contributed by atoms with Crippen LogP contribution in [0.3, 0.4) is 0 Å². The summed E-state index contributed by atoms with van der Waals surface area (Å²) in [7, 11) is 0. The molecule has 0 spiro atoms. The molecule has 5 nitrogen and oxygen atoms in total. The van der Waals surface area contributed by atoms with Crippen molar-refractivity contribution in [3.05, 3.63) is 71.7 Å². The molecule has 0 saturated carbocycles. The van der Waals surface area contributed by atoms with Crippen LogP contribution in [-0.2, 0) is 11.2 Å². The number of carboxylic acids is 1. The molecule has 2 aromatic carbocycles. The molecule has 24 heavy (non-hydrogen) atoms. The monoisotopic (exact) mass is 326 g/mol. The molecule has 0 aliphatic rings. The van der Waals surface area contributed by atoms with E-state index in [-0.39, 0.29) is 12.0 Å². The van der Waals surface area contributed by atoms with Gasteiger partial charge in [0.1, 0.15) is 11.9 Å². The van der Waals surface area contributed by atoms with Crippen molar-refractivity contribution >= 4 is 22.8 Å². The van der Waals surface area contributed by atoms with Crippen molar-refractivity contribution in [2.75, 3.05) is 0 Å². The van der Waals surface area contributed by atoms with Crippen molar-refractivity contribution < 1.29 is 19.1 Å². The Bertz CT molecular complexity index is 887. The van der Waals surface area contributed by atoms with Crippen LogP contribution in [0.2, 0.25) is 0 Å². The predicted molar refractivity (Wildman–Crippen MR) is 87.3 cm³/mol. The lowest BCUT2D eigenvalue weighted by Gasteiger charge is -2.14. The number of hydrogen-bond donors (Lipinski definition) is 3. The van der Waals surface area contributed by atoms with E-state index in [4.69, 9.17) is 0 Å². The van der Waals surface area contributed by atoms with Gasteiger partial charge in [-0.1, -0.05) is 18.2 Å². The van der Waals surface area contributed by atoms with Gasteiger partial charge in [0.15, 0.2) is 0 Å². The van der Waals surface area contributed by atoms with Crippen LogP contribution in [0.4, 0.5) is 4.39 Å². The van der Waals surface area contributed by atoms with Crippen molar-refractivity contribution in [1.29, 1.82) is 0 Å². The van der Waals surface area contributed by atoms with Crippen LogP contribution in [0.15, 0.2) is 54.7 Å². The fourth-order valence-corrected chi connectivity index (χ4v) is 2.56. The van der Waals surface area contributed by atoms with E-state index in [1.165, 1.54) is 12.1 Å². The summed E-state index contributed by atoms with van der Waals surface area (Å²) < 4.78 is 12.9. The van der Waals surface area contributed by atoms with Crippen molar-refractivity contribution in [3.63, 3.8) is 0 Å². The first-order chi connectivity index (χ1) is 11.5. The molecule has 0 fully saturated rings. The number of para-hydroxylation sites is 1. The molecule has 1 amide bonds. The van der Waals surface area contributed by atoms with E-state index in [9.17, 15) is 19.1 Å². The molecule has 1 heterocycles. The fourth-order valence-electron chi connectivity index (χ4n) is 2.56. The van der Waals surface area contributed by atoms with E-state index in [0.717, 1.165) is 28.6 Å². The largest absolute Gasteiger partial charge is 0.480 e. The molecule has 0 bridgehead atoms. The highest BCUT2D eigenvalue weighted by Gasteiger charge is 2.22. The van der Waals surface area contributed by atoms with Crippen LogP contribution < -0.4 is 5.32 Å². The second-order valence-electron chi connectivity index (χ2n) is 5.43. The van der Waals surface area contributed by atoms with Crippen molar-refractivity contribution in [2.45, 2.75) is 12.5 Å². The summed E-state index contributed by atoms with van der Waals surface area (Å²) in [6, 6.07) is 11.4. The maximum absolute atomic E-state index is 12.9. The fraction of sp³-hybridized carbons (Fsp3) is 0.111. The zero-order valence-electron chi connectivity index (χ0n) is 12.6. The van der Waals surface area contributed by atoms with E-state index >= 15 is 0 Å². The van der Waals surface area contributed by atoms with Gasteiger partial charge >= 0.3 is 5.97 Å². The number of carbonyl (C=O) groups excluding carboxylic acids is 1. The van der Waals surface area contributed by atoms with E-state index in [2.05, 4.69) is 10.3 Å². The van der Waals surface area contributed by atoms with Gasteiger partial charge in [-0.2, -0.15) is 0 Å². The number of H-pyrrole nitrogens is 1. The van der Waals surface area contributed by atoms with E-state index in [1.54, 1.807) is 6.20 Å². The first-order valence-electron chi connectivity index (χ1n) is 7.39. The maximum Gasteiger partial charge on any atom is 0.326 e. The molecule has 0 aliphatic carbocycles. The van der Waals surface area contributed by atoms with Gasteiger partial charge in [-0.15, -0.1) is 0 Å². The van der Waals surface area contributed by atoms with Gasteiger partial charge in [-0.25, -0.2) is 9.18 Å². The van der Waals surface area contributed by atoms with Gasteiger partial charge in [0.25, 0.3) is 5.91 Å². The smallest absolute Gasteiger partial charge is 0.326 e. The summed E-state index contributed by atoms with van der Waals surface area (Å²) in [5.41, 5.74) is 1.92. The van der Waals surface area contributed by atoms with Crippen molar-refractivity contribution in [2.24, 2.45) is 0 Å². The van der Waals surface area contributed by atoms with Crippen molar-refractivity contribution in [3.8, 4) is 0 Å². The zero-order chi connectivity index (χ0) is 17.1. The van der Waals surface area contributed by atoms with Crippen molar-refractivity contribution in [1.82, 2.24) is 10.3 Å². The van der Waals surface area contributed by atoms with Gasteiger partial charge in [0.2, 0.25) is 0 Å². The number of hydrogen-bond acceptors (Lipinski definition) is 2. The minimum Gasteiger partial charge on any atom is -0.480 e. The molecule has 1 aromatic heterocycles. The molecule has 1 atom stereocenters. The third-order valence-corrected chi connectivity index (χ3v) is 3.81. The quantitative estimate of drug-likeness (QED) is 0.674. The summed E-state index contributed by atoms with van der Waals surface area (Å²) in [5, 5.41) is 12.8. The highest BCUT2D eigenvalue weighted by Crippen LogP contribution is 2.19. The number of aromatic amines is 1. The van der Waals surface area contributed by atoms with E-state index in [1.807, 2.05) is 24.3 Å². The summed E-state index contributed by atoms with van der Waals surface area (Å²) in [6.07, 6.45) is 1.89. The average molecular weight is 326 g/mol. The molecule has 3 rings (SSSR count). The third kappa shape index (κ3) is 3.27. The van der Waals surface area contributed by atoms with Crippen LogP contribution >= 0.6 is 0 Å². The first kappa shape index (κ1) is 15.7. The highest BCUT2D eigenvalue weighted by atomic mass is 19.1. The number of aliphatic carboxylic acids is 1. The second kappa shape index (κ2) is 6.54. The predicted octanol–water partition coefficient (Wildman–Crippen LogP) is 2.73. The van der Waals surface area contributed by atoms with Crippen LogP contribution in [0, 0.1) is 5.82 Å². The Kier molecular flexibility index (Phi) is 4.29. The van der Waals surface area contributed by atoms with Crippen LogP contribution in [0.1, 0.15) is 15.9 Å². The molecule has 3 N–H and O–H groups in total. The Labute approximate surface area is 137 Å². The SMILES string of the molecule is O=C(N[C@H](Cc1c[nH]c2ccccc12)C(=O)O)c1ccc(F)cc1. The molecule has 0 unspecified atom stereocenters. The number of nitrogens with one attached hydrogen (secondary N) is 2. The Morgan fingerprint density at radius 3 is 2.54 bits per heavy atom. The Morgan fingerprint density at radius 2 is 1.83 bits per heavy atom. The lowest BCUT2D eigenvalue weighted by molar-refractivity contribution is -0.139.